The summed E-state index contributed by atoms with van der Waals surface area (Å²) in [4.78, 5) is 11.1. The molecular formula is C13H16N2O2S. The minimum absolute atomic E-state index is 0.235. The number of thiocarbonyl (C=S) groups is 1. The molecule has 0 heterocycles. The first-order valence-electron chi connectivity index (χ1n) is 5.90. The second-order valence-electron chi connectivity index (χ2n) is 4.32. The van der Waals surface area contributed by atoms with Crippen molar-refractivity contribution >= 4 is 29.0 Å². The van der Waals surface area contributed by atoms with Crippen molar-refractivity contribution in [1.82, 2.24) is 5.32 Å². The largest absolute Gasteiger partial charge is 0.469 e. The number of carbonyl (C=O) groups is 1. The second kappa shape index (κ2) is 5.82. The second-order valence-corrected chi connectivity index (χ2v) is 4.73. The Hall–Kier alpha value is -1.62. The van der Waals surface area contributed by atoms with Crippen LogP contribution in [0.15, 0.2) is 24.3 Å². The average Bonchev–Trinajstić information content (AvgIpc) is 3.15. The van der Waals surface area contributed by atoms with Gasteiger partial charge in [0.15, 0.2) is 5.11 Å². The summed E-state index contributed by atoms with van der Waals surface area (Å²) >= 11 is 5.18. The highest BCUT2D eigenvalue weighted by molar-refractivity contribution is 7.80. The number of carbonyl (C=O) groups excluding carboxylic acids is 1. The van der Waals surface area contributed by atoms with Crippen LogP contribution in [0.5, 0.6) is 0 Å². The fourth-order valence-electron chi connectivity index (χ4n) is 1.53. The van der Waals surface area contributed by atoms with Crippen LogP contribution in [-0.2, 0) is 16.0 Å². The monoisotopic (exact) mass is 264 g/mol. The van der Waals surface area contributed by atoms with Gasteiger partial charge in [0.1, 0.15) is 0 Å². The quantitative estimate of drug-likeness (QED) is 0.642. The lowest BCUT2D eigenvalue weighted by atomic mass is 10.1. The summed E-state index contributed by atoms with van der Waals surface area (Å²) in [5, 5.41) is 6.97. The highest BCUT2D eigenvalue weighted by Crippen LogP contribution is 2.19. The smallest absolute Gasteiger partial charge is 0.309 e. The van der Waals surface area contributed by atoms with Crippen LogP contribution in [0.25, 0.3) is 0 Å². The molecule has 0 amide bonds. The number of benzene rings is 1. The van der Waals surface area contributed by atoms with E-state index in [1.54, 1.807) is 0 Å². The molecule has 1 aromatic carbocycles. The van der Waals surface area contributed by atoms with E-state index in [9.17, 15) is 4.79 Å². The van der Waals surface area contributed by atoms with E-state index in [-0.39, 0.29) is 5.97 Å². The molecule has 0 saturated heterocycles. The van der Waals surface area contributed by atoms with Crippen LogP contribution < -0.4 is 10.6 Å². The van der Waals surface area contributed by atoms with Crippen molar-refractivity contribution in [3.05, 3.63) is 29.8 Å². The normalized spacial score (nSPS) is 13.8. The van der Waals surface area contributed by atoms with Gasteiger partial charge < -0.3 is 15.4 Å². The van der Waals surface area contributed by atoms with E-state index in [1.807, 2.05) is 24.3 Å². The van der Waals surface area contributed by atoms with Gasteiger partial charge in [-0.25, -0.2) is 0 Å². The molecule has 18 heavy (non-hydrogen) atoms. The Kier molecular flexibility index (Phi) is 4.15. The number of hydrogen-bond donors (Lipinski definition) is 2. The fourth-order valence-corrected chi connectivity index (χ4v) is 1.81. The standard InChI is InChI=1S/C13H16N2O2S/c1-17-12(16)8-9-2-4-10(5-3-9)14-13(18)15-11-6-7-11/h2-5,11H,6-8H2,1H3,(H2,14,15,18). The number of esters is 1. The molecule has 1 aromatic rings. The number of rotatable bonds is 4. The summed E-state index contributed by atoms with van der Waals surface area (Å²) in [5.41, 5.74) is 1.84. The summed E-state index contributed by atoms with van der Waals surface area (Å²) in [6, 6.07) is 8.12. The number of methoxy groups -OCH3 is 1. The molecule has 0 spiro atoms. The van der Waals surface area contributed by atoms with Crippen LogP contribution in [0.4, 0.5) is 5.69 Å². The maximum absolute atomic E-state index is 11.1. The molecular weight excluding hydrogens is 248 g/mol. The van der Waals surface area contributed by atoms with Crippen LogP contribution >= 0.6 is 12.2 Å². The molecule has 0 atom stereocenters. The SMILES string of the molecule is COC(=O)Cc1ccc(NC(=S)NC2CC2)cc1. The summed E-state index contributed by atoms with van der Waals surface area (Å²) in [5.74, 6) is -0.235. The van der Waals surface area contributed by atoms with E-state index >= 15 is 0 Å². The van der Waals surface area contributed by atoms with Crippen LogP contribution in [0, 0.1) is 0 Å². The van der Waals surface area contributed by atoms with E-state index in [4.69, 9.17) is 12.2 Å². The molecule has 2 N–H and O–H groups in total. The van der Waals surface area contributed by atoms with Gasteiger partial charge in [-0.2, -0.15) is 0 Å². The Morgan fingerprint density at radius 2 is 2.06 bits per heavy atom. The topological polar surface area (TPSA) is 50.4 Å². The minimum Gasteiger partial charge on any atom is -0.469 e. The lowest BCUT2D eigenvalue weighted by molar-refractivity contribution is -0.139. The Morgan fingerprint density at radius 3 is 2.61 bits per heavy atom. The number of anilines is 1. The zero-order valence-electron chi connectivity index (χ0n) is 10.2. The summed E-state index contributed by atoms with van der Waals surface area (Å²) in [6.45, 7) is 0. The Bertz CT molecular complexity index is 441. The first-order valence-corrected chi connectivity index (χ1v) is 6.31. The van der Waals surface area contributed by atoms with Gasteiger partial charge in [-0.15, -0.1) is 0 Å². The molecule has 96 valence electrons. The third-order valence-corrected chi connectivity index (χ3v) is 2.92. The summed E-state index contributed by atoms with van der Waals surface area (Å²) < 4.78 is 4.61. The van der Waals surface area contributed by atoms with Crippen molar-refractivity contribution in [1.29, 1.82) is 0 Å². The molecule has 0 unspecified atom stereocenters. The Labute approximate surface area is 112 Å². The van der Waals surface area contributed by atoms with Crippen molar-refractivity contribution < 1.29 is 9.53 Å². The van der Waals surface area contributed by atoms with Crippen LogP contribution in [0.1, 0.15) is 18.4 Å². The van der Waals surface area contributed by atoms with Gasteiger partial charge in [0, 0.05) is 11.7 Å². The van der Waals surface area contributed by atoms with E-state index in [0.29, 0.717) is 17.6 Å². The molecule has 1 fully saturated rings. The Balaban J connectivity index is 1.86. The van der Waals surface area contributed by atoms with Gasteiger partial charge in [-0.1, -0.05) is 12.1 Å². The number of hydrogen-bond acceptors (Lipinski definition) is 3. The van der Waals surface area contributed by atoms with Gasteiger partial charge in [0.25, 0.3) is 0 Å². The molecule has 4 nitrogen and oxygen atoms in total. The number of ether oxygens (including phenoxy) is 1. The zero-order chi connectivity index (χ0) is 13.0. The average molecular weight is 264 g/mol. The van der Waals surface area contributed by atoms with Gasteiger partial charge >= 0.3 is 5.97 Å². The minimum atomic E-state index is -0.235. The highest BCUT2D eigenvalue weighted by Gasteiger charge is 2.21. The third-order valence-electron chi connectivity index (χ3n) is 2.70. The molecule has 0 aromatic heterocycles. The lowest BCUT2D eigenvalue weighted by Gasteiger charge is -2.10. The fraction of sp³-hybridized carbons (Fsp3) is 0.385. The lowest BCUT2D eigenvalue weighted by Crippen LogP contribution is -2.30. The maximum Gasteiger partial charge on any atom is 0.309 e. The maximum atomic E-state index is 11.1. The predicted octanol–water partition coefficient (Wildman–Crippen LogP) is 1.85. The van der Waals surface area contributed by atoms with Gasteiger partial charge in [0.2, 0.25) is 0 Å². The van der Waals surface area contributed by atoms with Crippen LogP contribution in [0.2, 0.25) is 0 Å². The molecule has 0 bridgehead atoms. The molecule has 2 rings (SSSR count). The Morgan fingerprint density at radius 1 is 1.39 bits per heavy atom. The van der Waals surface area contributed by atoms with E-state index in [1.165, 1.54) is 20.0 Å². The first-order chi connectivity index (χ1) is 8.67. The van der Waals surface area contributed by atoms with Crippen molar-refractivity contribution in [3.63, 3.8) is 0 Å². The summed E-state index contributed by atoms with van der Waals surface area (Å²) in [7, 11) is 1.39. The zero-order valence-corrected chi connectivity index (χ0v) is 11.0. The van der Waals surface area contributed by atoms with Gasteiger partial charge in [-0.05, 0) is 42.8 Å². The van der Waals surface area contributed by atoms with E-state index in [2.05, 4.69) is 15.4 Å². The van der Waals surface area contributed by atoms with Crippen LogP contribution in [0.3, 0.4) is 0 Å². The highest BCUT2D eigenvalue weighted by atomic mass is 32.1. The third kappa shape index (κ3) is 4.00. The molecule has 5 heteroatoms. The van der Waals surface area contributed by atoms with Crippen molar-refractivity contribution in [2.45, 2.75) is 25.3 Å². The number of nitrogens with one attached hydrogen (secondary N) is 2. The molecule has 0 radical (unpaired) electrons. The predicted molar refractivity (Wildman–Crippen MR) is 74.5 cm³/mol. The van der Waals surface area contributed by atoms with Gasteiger partial charge in [-0.3, -0.25) is 4.79 Å². The summed E-state index contributed by atoms with van der Waals surface area (Å²) in [6.07, 6.45) is 2.68. The van der Waals surface area contributed by atoms with Crippen molar-refractivity contribution in [3.8, 4) is 0 Å². The molecule has 0 aliphatic heterocycles. The van der Waals surface area contributed by atoms with Gasteiger partial charge in [0.05, 0.1) is 13.5 Å². The van der Waals surface area contributed by atoms with Crippen molar-refractivity contribution in [2.24, 2.45) is 0 Å². The molecule has 1 aliphatic rings. The van der Waals surface area contributed by atoms with Crippen LogP contribution in [-0.4, -0.2) is 24.2 Å². The van der Waals surface area contributed by atoms with Crippen molar-refractivity contribution in [2.75, 3.05) is 12.4 Å². The molecule has 1 saturated carbocycles. The van der Waals surface area contributed by atoms with E-state index < -0.39 is 0 Å². The first kappa shape index (κ1) is 12.8. The molecule has 1 aliphatic carbocycles. The van der Waals surface area contributed by atoms with E-state index in [0.717, 1.165) is 11.3 Å².